The van der Waals surface area contributed by atoms with Crippen LogP contribution in [0.1, 0.15) is 5.56 Å². The van der Waals surface area contributed by atoms with E-state index in [0.29, 0.717) is 0 Å². The minimum atomic E-state index is -3.61. The number of benzene rings is 2. The Morgan fingerprint density at radius 1 is 1.05 bits per heavy atom. The van der Waals surface area contributed by atoms with Crippen molar-refractivity contribution in [3.05, 3.63) is 75.0 Å². The molecule has 0 N–H and O–H groups in total. The third-order valence-electron chi connectivity index (χ3n) is 2.84. The van der Waals surface area contributed by atoms with Crippen LogP contribution in [0.25, 0.3) is 0 Å². The van der Waals surface area contributed by atoms with Crippen molar-refractivity contribution in [3.8, 4) is 0 Å². The minimum Gasteiger partial charge on any atom is -0.258 e. The number of hydrogen-bond acceptors (Lipinski definition) is 5. The fourth-order valence-corrected chi connectivity index (χ4v) is 3.56. The van der Waals surface area contributed by atoms with Crippen molar-refractivity contribution >= 4 is 27.3 Å². The maximum atomic E-state index is 12.1. The molecule has 0 spiro atoms. The van der Waals surface area contributed by atoms with E-state index >= 15 is 0 Å². The third kappa shape index (κ3) is 4.19. The van der Waals surface area contributed by atoms with Gasteiger partial charge in [-0.05, 0) is 36.6 Å². The summed E-state index contributed by atoms with van der Waals surface area (Å²) in [6.07, 6.45) is 0. The zero-order chi connectivity index (χ0) is 16.2. The highest BCUT2D eigenvalue weighted by Gasteiger charge is 2.12. The molecule has 0 saturated heterocycles. The van der Waals surface area contributed by atoms with Crippen LogP contribution in [0.5, 0.6) is 0 Å². The molecule has 2 rings (SSSR count). The topological polar surface area (TPSA) is 77.3 Å². The molecule has 0 aromatic heterocycles. The number of rotatable bonds is 5. The molecule has 2 aromatic carbocycles. The fourth-order valence-electron chi connectivity index (χ4n) is 1.63. The Morgan fingerprint density at radius 2 is 1.64 bits per heavy atom. The van der Waals surface area contributed by atoms with Gasteiger partial charge in [-0.1, -0.05) is 29.5 Å². The van der Waals surface area contributed by atoms with Gasteiger partial charge < -0.3 is 0 Å². The lowest BCUT2D eigenvalue weighted by atomic mass is 10.2. The molecule has 22 heavy (non-hydrogen) atoms. The van der Waals surface area contributed by atoms with Crippen molar-refractivity contribution in [2.75, 3.05) is 0 Å². The first kappa shape index (κ1) is 16.3. The normalized spacial score (nSPS) is 11.7. The molecule has 0 fully saturated rings. The number of sulfone groups is 1. The number of nitro benzene ring substituents is 1. The van der Waals surface area contributed by atoms with Crippen molar-refractivity contribution in [2.45, 2.75) is 16.7 Å². The highest BCUT2D eigenvalue weighted by Crippen LogP contribution is 2.22. The van der Waals surface area contributed by atoms with Gasteiger partial charge >= 0.3 is 0 Å². The fraction of sp³-hybridized carbons (Fsp3) is 0.0667. The Labute approximate surface area is 132 Å². The van der Waals surface area contributed by atoms with Crippen LogP contribution in [0.2, 0.25) is 0 Å². The first-order chi connectivity index (χ1) is 10.4. The molecular weight excluding hydrogens is 322 g/mol. The van der Waals surface area contributed by atoms with Gasteiger partial charge in [-0.15, -0.1) is 0 Å². The molecule has 0 bridgehead atoms. The van der Waals surface area contributed by atoms with Crippen molar-refractivity contribution in [1.29, 1.82) is 0 Å². The zero-order valence-electron chi connectivity index (χ0n) is 11.7. The van der Waals surface area contributed by atoms with Crippen molar-refractivity contribution in [1.82, 2.24) is 0 Å². The molecule has 0 aliphatic rings. The first-order valence-electron chi connectivity index (χ1n) is 6.28. The van der Waals surface area contributed by atoms with Crippen LogP contribution in [0, 0.1) is 17.0 Å². The maximum Gasteiger partial charge on any atom is 0.269 e. The van der Waals surface area contributed by atoms with Crippen LogP contribution < -0.4 is 0 Å². The van der Waals surface area contributed by atoms with E-state index in [2.05, 4.69) is 0 Å². The molecule has 0 aliphatic carbocycles. The lowest BCUT2D eigenvalue weighted by Gasteiger charge is -1.99. The van der Waals surface area contributed by atoms with E-state index in [4.69, 9.17) is 0 Å². The molecule has 0 heterocycles. The first-order valence-corrected chi connectivity index (χ1v) is 8.70. The molecular formula is C15H13NO4S2. The van der Waals surface area contributed by atoms with Crippen molar-refractivity contribution in [2.24, 2.45) is 0 Å². The van der Waals surface area contributed by atoms with E-state index < -0.39 is 14.8 Å². The summed E-state index contributed by atoms with van der Waals surface area (Å²) >= 11 is 1.29. The molecule has 114 valence electrons. The SMILES string of the molecule is Cc1ccc(SC=CS(=O)(=O)c2ccc([N+](=O)[O-])cc2)cc1. The summed E-state index contributed by atoms with van der Waals surface area (Å²) in [5.41, 5.74) is 0.990. The molecule has 0 radical (unpaired) electrons. The maximum absolute atomic E-state index is 12.1. The van der Waals surface area contributed by atoms with Crippen LogP contribution in [0.15, 0.2) is 69.1 Å². The van der Waals surface area contributed by atoms with Gasteiger partial charge in [0.1, 0.15) is 0 Å². The smallest absolute Gasteiger partial charge is 0.258 e. The third-order valence-corrected chi connectivity index (χ3v) is 5.25. The summed E-state index contributed by atoms with van der Waals surface area (Å²) in [5.74, 6) is 0. The highest BCUT2D eigenvalue weighted by atomic mass is 32.2. The summed E-state index contributed by atoms with van der Waals surface area (Å²) in [5, 5.41) is 13.1. The quantitative estimate of drug-likeness (QED) is 0.470. The second-order valence-electron chi connectivity index (χ2n) is 4.50. The van der Waals surface area contributed by atoms with E-state index in [9.17, 15) is 18.5 Å². The molecule has 0 unspecified atom stereocenters. The number of aryl methyl sites for hydroxylation is 1. The minimum absolute atomic E-state index is 0.0267. The number of thioether (sulfide) groups is 1. The predicted molar refractivity (Wildman–Crippen MR) is 86.5 cm³/mol. The summed E-state index contributed by atoms with van der Waals surface area (Å²) in [6.45, 7) is 1.98. The molecule has 2 aromatic rings. The predicted octanol–water partition coefficient (Wildman–Crippen LogP) is 3.94. The summed E-state index contributed by atoms with van der Waals surface area (Å²) in [7, 11) is -3.61. The van der Waals surface area contributed by atoms with E-state index in [1.165, 1.54) is 41.4 Å². The van der Waals surface area contributed by atoms with Crippen LogP contribution >= 0.6 is 11.8 Å². The van der Waals surface area contributed by atoms with Crippen molar-refractivity contribution in [3.63, 3.8) is 0 Å². The van der Waals surface area contributed by atoms with Crippen LogP contribution in [-0.4, -0.2) is 13.3 Å². The van der Waals surface area contributed by atoms with Crippen LogP contribution in [0.3, 0.4) is 0 Å². The summed E-state index contributed by atoms with van der Waals surface area (Å²) in [6, 6.07) is 12.5. The second-order valence-corrected chi connectivity index (χ2v) is 7.31. The van der Waals surface area contributed by atoms with Gasteiger partial charge in [-0.3, -0.25) is 10.1 Å². The summed E-state index contributed by atoms with van der Waals surface area (Å²) in [4.78, 5) is 10.9. The Morgan fingerprint density at radius 3 is 2.18 bits per heavy atom. The van der Waals surface area contributed by atoms with E-state index in [1.54, 1.807) is 0 Å². The van der Waals surface area contributed by atoms with Crippen molar-refractivity contribution < 1.29 is 13.3 Å². The summed E-state index contributed by atoms with van der Waals surface area (Å²) < 4.78 is 24.2. The standard InChI is InChI=1S/C15H13NO4S2/c1-12-2-6-14(7-3-12)21-10-11-22(19,20)15-8-4-13(5-9-15)16(17)18/h2-11H,1H3. The molecule has 0 amide bonds. The molecule has 0 aliphatic heterocycles. The Bertz CT molecular complexity index is 794. The number of nitro groups is 1. The van der Waals surface area contributed by atoms with E-state index in [0.717, 1.165) is 15.9 Å². The molecule has 0 saturated carbocycles. The Hall–Kier alpha value is -2.12. The number of non-ortho nitro benzene ring substituents is 1. The Balaban J connectivity index is 2.11. The number of nitrogens with zero attached hydrogens (tertiary/aromatic N) is 1. The largest absolute Gasteiger partial charge is 0.269 e. The molecule has 7 heteroatoms. The zero-order valence-corrected chi connectivity index (χ0v) is 13.3. The molecule has 5 nitrogen and oxygen atoms in total. The lowest BCUT2D eigenvalue weighted by molar-refractivity contribution is -0.384. The van der Waals surface area contributed by atoms with Crippen LogP contribution in [0.4, 0.5) is 5.69 Å². The van der Waals surface area contributed by atoms with E-state index in [-0.39, 0.29) is 10.6 Å². The Kier molecular flexibility index (Phi) is 4.99. The monoisotopic (exact) mass is 335 g/mol. The van der Waals surface area contributed by atoms with Crippen LogP contribution in [-0.2, 0) is 9.84 Å². The second kappa shape index (κ2) is 6.76. The average molecular weight is 335 g/mol. The van der Waals surface area contributed by atoms with E-state index in [1.807, 2.05) is 31.2 Å². The number of hydrogen-bond donors (Lipinski definition) is 0. The van der Waals surface area contributed by atoms with Gasteiger partial charge in [0, 0.05) is 22.4 Å². The van der Waals surface area contributed by atoms with Gasteiger partial charge in [-0.25, -0.2) is 8.42 Å². The average Bonchev–Trinajstić information content (AvgIpc) is 2.49. The highest BCUT2D eigenvalue weighted by molar-refractivity contribution is 8.03. The van der Waals surface area contributed by atoms with Gasteiger partial charge in [0.05, 0.1) is 9.82 Å². The lowest BCUT2D eigenvalue weighted by Crippen LogP contribution is -1.96. The van der Waals surface area contributed by atoms with Gasteiger partial charge in [0.2, 0.25) is 0 Å². The molecule has 0 atom stereocenters. The van der Waals surface area contributed by atoms with Gasteiger partial charge in [-0.2, -0.15) is 0 Å². The van der Waals surface area contributed by atoms with Gasteiger partial charge in [0.25, 0.3) is 5.69 Å². The van der Waals surface area contributed by atoms with Gasteiger partial charge in [0.15, 0.2) is 9.84 Å².